The summed E-state index contributed by atoms with van der Waals surface area (Å²) < 4.78 is 4.51. The van der Waals surface area contributed by atoms with Gasteiger partial charge in [0.1, 0.15) is 0 Å². The number of esters is 1. The number of anilines is 1. The van der Waals surface area contributed by atoms with Crippen LogP contribution in [0, 0.1) is 0 Å². The maximum Gasteiger partial charge on any atom is 0.306 e. The van der Waals surface area contributed by atoms with Gasteiger partial charge in [0.05, 0.1) is 24.8 Å². The van der Waals surface area contributed by atoms with Gasteiger partial charge in [-0.25, -0.2) is 0 Å². The number of carbonyl (C=O) groups is 3. The standard InChI is InChI=1S/C18H24N2O4/c1-24-17(22)12-11-16(21)20-15-10-6-5-9-14(15)18(23)19-13-7-3-2-4-8-13/h5-6,9-10,13H,2-4,7-8,11-12H2,1H3,(H,19,23)(H,20,21). The SMILES string of the molecule is COC(=O)CCC(=O)Nc1ccccc1C(=O)NC1CCCCC1. The van der Waals surface area contributed by atoms with Crippen molar-refractivity contribution in [1.29, 1.82) is 0 Å². The summed E-state index contributed by atoms with van der Waals surface area (Å²) in [6.07, 6.45) is 5.52. The minimum atomic E-state index is -0.437. The van der Waals surface area contributed by atoms with Crippen LogP contribution in [0.25, 0.3) is 0 Å². The molecule has 0 saturated heterocycles. The Labute approximate surface area is 142 Å². The lowest BCUT2D eigenvalue weighted by Gasteiger charge is -2.23. The highest BCUT2D eigenvalue weighted by molar-refractivity contribution is 6.04. The first-order valence-corrected chi connectivity index (χ1v) is 8.36. The molecule has 0 unspecified atom stereocenters. The predicted octanol–water partition coefficient (Wildman–Crippen LogP) is 2.64. The molecule has 1 fully saturated rings. The number of rotatable bonds is 6. The van der Waals surface area contributed by atoms with Crippen molar-refractivity contribution in [3.05, 3.63) is 29.8 Å². The smallest absolute Gasteiger partial charge is 0.306 e. The molecule has 24 heavy (non-hydrogen) atoms. The largest absolute Gasteiger partial charge is 0.469 e. The van der Waals surface area contributed by atoms with E-state index in [-0.39, 0.29) is 30.7 Å². The van der Waals surface area contributed by atoms with E-state index < -0.39 is 5.97 Å². The van der Waals surface area contributed by atoms with Crippen LogP contribution < -0.4 is 10.6 Å². The van der Waals surface area contributed by atoms with Gasteiger partial charge in [-0.1, -0.05) is 31.4 Å². The fourth-order valence-corrected chi connectivity index (χ4v) is 2.83. The van der Waals surface area contributed by atoms with E-state index in [1.54, 1.807) is 24.3 Å². The van der Waals surface area contributed by atoms with Crippen LogP contribution in [-0.2, 0) is 14.3 Å². The molecule has 0 bridgehead atoms. The molecule has 0 heterocycles. The summed E-state index contributed by atoms with van der Waals surface area (Å²) in [5.74, 6) is -0.933. The molecule has 1 aliphatic rings. The molecule has 0 radical (unpaired) electrons. The van der Waals surface area contributed by atoms with Gasteiger partial charge in [0, 0.05) is 12.5 Å². The molecule has 1 aromatic carbocycles. The lowest BCUT2D eigenvalue weighted by atomic mass is 9.95. The molecule has 2 rings (SSSR count). The monoisotopic (exact) mass is 332 g/mol. The quantitative estimate of drug-likeness (QED) is 0.784. The molecule has 2 amide bonds. The average Bonchev–Trinajstić information content (AvgIpc) is 2.61. The van der Waals surface area contributed by atoms with E-state index in [1.165, 1.54) is 13.5 Å². The van der Waals surface area contributed by atoms with E-state index >= 15 is 0 Å². The second kappa shape index (κ2) is 9.05. The summed E-state index contributed by atoms with van der Waals surface area (Å²) in [7, 11) is 1.28. The first-order valence-electron chi connectivity index (χ1n) is 8.36. The van der Waals surface area contributed by atoms with E-state index in [4.69, 9.17) is 0 Å². The van der Waals surface area contributed by atoms with E-state index in [2.05, 4.69) is 15.4 Å². The van der Waals surface area contributed by atoms with Crippen LogP contribution in [0.15, 0.2) is 24.3 Å². The van der Waals surface area contributed by atoms with Crippen molar-refractivity contribution in [2.24, 2.45) is 0 Å². The fourth-order valence-electron chi connectivity index (χ4n) is 2.83. The molecule has 1 aliphatic carbocycles. The van der Waals surface area contributed by atoms with Gasteiger partial charge in [0.25, 0.3) is 5.91 Å². The highest BCUT2D eigenvalue weighted by Gasteiger charge is 2.19. The first kappa shape index (κ1) is 18.0. The highest BCUT2D eigenvalue weighted by atomic mass is 16.5. The molecule has 0 spiro atoms. The van der Waals surface area contributed by atoms with Gasteiger partial charge in [-0.05, 0) is 25.0 Å². The second-order valence-electron chi connectivity index (χ2n) is 5.98. The molecular weight excluding hydrogens is 308 g/mol. The highest BCUT2D eigenvalue weighted by Crippen LogP contribution is 2.20. The van der Waals surface area contributed by atoms with Gasteiger partial charge >= 0.3 is 5.97 Å². The number of para-hydroxylation sites is 1. The van der Waals surface area contributed by atoms with Gasteiger partial charge in [0.2, 0.25) is 5.91 Å². The van der Waals surface area contributed by atoms with Gasteiger partial charge < -0.3 is 15.4 Å². The zero-order chi connectivity index (χ0) is 17.4. The summed E-state index contributed by atoms with van der Waals surface area (Å²) in [6, 6.07) is 7.10. The summed E-state index contributed by atoms with van der Waals surface area (Å²) >= 11 is 0. The maximum atomic E-state index is 12.5. The lowest BCUT2D eigenvalue weighted by Crippen LogP contribution is -2.36. The van der Waals surface area contributed by atoms with Gasteiger partial charge in [0.15, 0.2) is 0 Å². The first-order chi connectivity index (χ1) is 11.6. The Morgan fingerprint density at radius 3 is 2.50 bits per heavy atom. The number of hydrogen-bond acceptors (Lipinski definition) is 4. The molecule has 2 N–H and O–H groups in total. The summed E-state index contributed by atoms with van der Waals surface area (Å²) in [5, 5.41) is 5.74. The van der Waals surface area contributed by atoms with Crippen LogP contribution in [0.5, 0.6) is 0 Å². The molecule has 6 nitrogen and oxygen atoms in total. The molecule has 6 heteroatoms. The van der Waals surface area contributed by atoms with E-state index in [0.717, 1.165) is 25.7 Å². The molecule has 130 valence electrons. The van der Waals surface area contributed by atoms with Crippen molar-refractivity contribution in [2.45, 2.75) is 51.0 Å². The third kappa shape index (κ3) is 5.37. The van der Waals surface area contributed by atoms with Gasteiger partial charge in [-0.2, -0.15) is 0 Å². The Morgan fingerprint density at radius 2 is 1.79 bits per heavy atom. The van der Waals surface area contributed by atoms with E-state index in [9.17, 15) is 14.4 Å². The third-order valence-electron chi connectivity index (χ3n) is 4.17. The second-order valence-corrected chi connectivity index (χ2v) is 5.98. The average molecular weight is 332 g/mol. The normalized spacial score (nSPS) is 14.7. The molecule has 0 aromatic heterocycles. The van der Waals surface area contributed by atoms with Crippen LogP contribution in [0.4, 0.5) is 5.69 Å². The predicted molar refractivity (Wildman–Crippen MR) is 90.7 cm³/mol. The summed E-state index contributed by atoms with van der Waals surface area (Å²) in [6.45, 7) is 0. The van der Waals surface area contributed by atoms with Crippen molar-refractivity contribution in [1.82, 2.24) is 5.32 Å². The third-order valence-corrected chi connectivity index (χ3v) is 4.17. The van der Waals surface area contributed by atoms with Crippen molar-refractivity contribution in [3.8, 4) is 0 Å². The number of hydrogen-bond donors (Lipinski definition) is 2. The number of carbonyl (C=O) groups excluding carboxylic acids is 3. The summed E-state index contributed by atoms with van der Waals surface area (Å²) in [5.41, 5.74) is 0.898. The number of benzene rings is 1. The Morgan fingerprint density at radius 1 is 1.08 bits per heavy atom. The molecule has 1 aromatic rings. The van der Waals surface area contributed by atoms with Crippen LogP contribution in [-0.4, -0.2) is 30.9 Å². The minimum absolute atomic E-state index is 0.0127. The van der Waals surface area contributed by atoms with E-state index in [0.29, 0.717) is 11.3 Å². The Balaban J connectivity index is 1.97. The van der Waals surface area contributed by atoms with Gasteiger partial charge in [-0.3, -0.25) is 14.4 Å². The molecule has 0 aliphatic heterocycles. The molecule has 1 saturated carbocycles. The van der Waals surface area contributed by atoms with Crippen LogP contribution in [0.3, 0.4) is 0 Å². The van der Waals surface area contributed by atoms with Crippen molar-refractivity contribution in [3.63, 3.8) is 0 Å². The Hall–Kier alpha value is -2.37. The van der Waals surface area contributed by atoms with Crippen LogP contribution >= 0.6 is 0 Å². The van der Waals surface area contributed by atoms with E-state index in [1.807, 2.05) is 0 Å². The Bertz CT molecular complexity index is 594. The number of nitrogens with one attached hydrogen (secondary N) is 2. The molecular formula is C18H24N2O4. The zero-order valence-electron chi connectivity index (χ0n) is 14.0. The Kier molecular flexibility index (Phi) is 6.78. The lowest BCUT2D eigenvalue weighted by molar-refractivity contribution is -0.141. The zero-order valence-corrected chi connectivity index (χ0v) is 14.0. The van der Waals surface area contributed by atoms with Gasteiger partial charge in [-0.15, -0.1) is 0 Å². The fraction of sp³-hybridized carbons (Fsp3) is 0.500. The number of amides is 2. The number of ether oxygens (including phenoxy) is 1. The van der Waals surface area contributed by atoms with Crippen LogP contribution in [0.2, 0.25) is 0 Å². The van der Waals surface area contributed by atoms with Crippen LogP contribution in [0.1, 0.15) is 55.3 Å². The van der Waals surface area contributed by atoms with Crippen molar-refractivity contribution in [2.75, 3.05) is 12.4 Å². The van der Waals surface area contributed by atoms with Crippen molar-refractivity contribution >= 4 is 23.5 Å². The topological polar surface area (TPSA) is 84.5 Å². The summed E-state index contributed by atoms with van der Waals surface area (Å²) in [4.78, 5) is 35.5. The maximum absolute atomic E-state index is 12.5. The number of methoxy groups -OCH3 is 1. The minimum Gasteiger partial charge on any atom is -0.469 e. The molecule has 0 atom stereocenters. The van der Waals surface area contributed by atoms with Crippen molar-refractivity contribution < 1.29 is 19.1 Å².